The molecule has 26 heavy (non-hydrogen) atoms. The molecule has 132 valence electrons. The van der Waals surface area contributed by atoms with Crippen molar-refractivity contribution in [1.29, 1.82) is 0 Å². The molecule has 0 amide bonds. The van der Waals surface area contributed by atoms with Crippen LogP contribution in [0.5, 0.6) is 0 Å². The minimum Gasteiger partial charge on any atom is -0.465 e. The Morgan fingerprint density at radius 3 is 2.92 bits per heavy atom. The lowest BCUT2D eigenvalue weighted by Gasteiger charge is -2.24. The number of hydrogen-bond donors (Lipinski definition) is 1. The van der Waals surface area contributed by atoms with Crippen LogP contribution in [-0.2, 0) is 17.7 Å². The molecule has 0 aliphatic carbocycles. The fourth-order valence-corrected chi connectivity index (χ4v) is 3.54. The SMILES string of the molecule is COC(=O)c1ccc2c(=O)[nH]c(CN3c4ccccc4C[C@@H]3C)nc2c1. The van der Waals surface area contributed by atoms with Gasteiger partial charge in [-0.3, -0.25) is 4.79 Å². The molecule has 1 atom stereocenters. The van der Waals surface area contributed by atoms with Gasteiger partial charge in [-0.25, -0.2) is 9.78 Å². The number of nitrogens with zero attached hydrogens (tertiary/aromatic N) is 2. The number of rotatable bonds is 3. The summed E-state index contributed by atoms with van der Waals surface area (Å²) >= 11 is 0. The van der Waals surface area contributed by atoms with Crippen molar-refractivity contribution >= 4 is 22.6 Å². The van der Waals surface area contributed by atoms with Gasteiger partial charge >= 0.3 is 5.97 Å². The second-order valence-electron chi connectivity index (χ2n) is 6.55. The van der Waals surface area contributed by atoms with E-state index in [1.807, 2.05) is 12.1 Å². The first-order chi connectivity index (χ1) is 12.6. The van der Waals surface area contributed by atoms with Crippen LogP contribution in [0.3, 0.4) is 0 Å². The number of esters is 1. The molecule has 1 N–H and O–H groups in total. The second-order valence-corrected chi connectivity index (χ2v) is 6.55. The molecule has 3 aromatic rings. The van der Waals surface area contributed by atoms with Crippen molar-refractivity contribution in [2.75, 3.05) is 12.0 Å². The summed E-state index contributed by atoms with van der Waals surface area (Å²) in [4.78, 5) is 33.8. The van der Waals surface area contributed by atoms with Crippen LogP contribution in [0.1, 0.15) is 28.7 Å². The molecule has 0 spiro atoms. The van der Waals surface area contributed by atoms with Gasteiger partial charge in [0.05, 0.1) is 30.1 Å². The van der Waals surface area contributed by atoms with E-state index in [2.05, 4.69) is 33.9 Å². The third kappa shape index (κ3) is 2.73. The zero-order chi connectivity index (χ0) is 18.3. The topological polar surface area (TPSA) is 75.3 Å². The Bertz CT molecular complexity index is 1060. The van der Waals surface area contributed by atoms with Crippen molar-refractivity contribution < 1.29 is 9.53 Å². The van der Waals surface area contributed by atoms with E-state index in [4.69, 9.17) is 4.74 Å². The summed E-state index contributed by atoms with van der Waals surface area (Å²) in [7, 11) is 1.33. The van der Waals surface area contributed by atoms with Crippen molar-refractivity contribution in [1.82, 2.24) is 9.97 Å². The number of aromatic nitrogens is 2. The second kappa shape index (κ2) is 6.29. The number of benzene rings is 2. The number of nitrogens with one attached hydrogen (secondary N) is 1. The minimum atomic E-state index is -0.447. The van der Waals surface area contributed by atoms with E-state index in [1.54, 1.807) is 18.2 Å². The molecule has 0 radical (unpaired) electrons. The lowest BCUT2D eigenvalue weighted by atomic mass is 10.1. The smallest absolute Gasteiger partial charge is 0.337 e. The quantitative estimate of drug-likeness (QED) is 0.736. The normalized spacial score (nSPS) is 15.9. The Kier molecular flexibility index (Phi) is 3.95. The number of ether oxygens (including phenoxy) is 1. The first-order valence-corrected chi connectivity index (χ1v) is 8.52. The van der Waals surface area contributed by atoms with Gasteiger partial charge < -0.3 is 14.6 Å². The number of anilines is 1. The summed E-state index contributed by atoms with van der Waals surface area (Å²) in [6.45, 7) is 2.67. The highest BCUT2D eigenvalue weighted by Crippen LogP contribution is 2.32. The van der Waals surface area contributed by atoms with E-state index < -0.39 is 5.97 Å². The average molecular weight is 349 g/mol. The van der Waals surface area contributed by atoms with Gasteiger partial charge in [0.25, 0.3) is 5.56 Å². The molecule has 1 aliphatic rings. The van der Waals surface area contributed by atoms with E-state index in [-0.39, 0.29) is 5.56 Å². The van der Waals surface area contributed by atoms with E-state index in [0.29, 0.717) is 34.9 Å². The first kappa shape index (κ1) is 16.3. The van der Waals surface area contributed by atoms with Gasteiger partial charge in [0.2, 0.25) is 0 Å². The van der Waals surface area contributed by atoms with Gasteiger partial charge in [0.15, 0.2) is 0 Å². The number of fused-ring (bicyclic) bond motifs is 2. The van der Waals surface area contributed by atoms with Crippen molar-refractivity contribution in [2.45, 2.75) is 25.9 Å². The Labute approximate surface area is 150 Å². The molecule has 4 rings (SSSR count). The molecule has 6 heteroatoms. The van der Waals surface area contributed by atoms with Crippen molar-refractivity contribution in [3.05, 3.63) is 69.8 Å². The highest BCUT2D eigenvalue weighted by Gasteiger charge is 2.26. The van der Waals surface area contributed by atoms with Crippen LogP contribution in [0, 0.1) is 0 Å². The van der Waals surface area contributed by atoms with Crippen LogP contribution in [0.4, 0.5) is 5.69 Å². The highest BCUT2D eigenvalue weighted by molar-refractivity contribution is 5.93. The number of para-hydroxylation sites is 1. The predicted octanol–water partition coefficient (Wildman–Crippen LogP) is 2.66. The fourth-order valence-electron chi connectivity index (χ4n) is 3.54. The van der Waals surface area contributed by atoms with Gasteiger partial charge in [-0.05, 0) is 43.2 Å². The molecular weight excluding hydrogens is 330 g/mol. The van der Waals surface area contributed by atoms with Crippen LogP contribution >= 0.6 is 0 Å². The summed E-state index contributed by atoms with van der Waals surface area (Å²) in [6.07, 6.45) is 0.973. The summed E-state index contributed by atoms with van der Waals surface area (Å²) in [5.74, 6) is 0.130. The number of methoxy groups -OCH3 is 1. The molecule has 0 fully saturated rings. The van der Waals surface area contributed by atoms with Gasteiger partial charge in [-0.1, -0.05) is 18.2 Å². The maximum absolute atomic E-state index is 12.4. The summed E-state index contributed by atoms with van der Waals surface area (Å²) in [5.41, 5.74) is 3.14. The Morgan fingerprint density at radius 1 is 1.31 bits per heavy atom. The highest BCUT2D eigenvalue weighted by atomic mass is 16.5. The third-order valence-corrected chi connectivity index (χ3v) is 4.85. The van der Waals surface area contributed by atoms with Crippen molar-refractivity contribution in [2.24, 2.45) is 0 Å². The van der Waals surface area contributed by atoms with E-state index >= 15 is 0 Å². The summed E-state index contributed by atoms with van der Waals surface area (Å²) in [5, 5.41) is 0.455. The number of carbonyl (C=O) groups excluding carboxylic acids is 1. The molecule has 0 bridgehead atoms. The molecule has 0 saturated carbocycles. The Hall–Kier alpha value is -3.15. The van der Waals surface area contributed by atoms with Crippen LogP contribution in [0.25, 0.3) is 10.9 Å². The molecular formula is C20H19N3O3. The van der Waals surface area contributed by atoms with Crippen molar-refractivity contribution in [3.8, 4) is 0 Å². The average Bonchev–Trinajstić information content (AvgIpc) is 2.96. The zero-order valence-electron chi connectivity index (χ0n) is 14.7. The minimum absolute atomic E-state index is 0.207. The predicted molar refractivity (Wildman–Crippen MR) is 99.5 cm³/mol. The van der Waals surface area contributed by atoms with Gasteiger partial charge in [-0.15, -0.1) is 0 Å². The molecule has 2 aromatic carbocycles. The molecule has 1 aliphatic heterocycles. The molecule has 0 unspecified atom stereocenters. The summed E-state index contributed by atoms with van der Waals surface area (Å²) in [6, 6.07) is 13.4. The molecule has 2 heterocycles. The standard InChI is InChI=1S/C20H19N3O3/c1-12-9-13-5-3-4-6-17(13)23(12)11-18-21-16-10-14(20(25)26-2)7-8-15(16)19(24)22-18/h3-8,10,12H,9,11H2,1-2H3,(H,21,22,24)/t12-/m0/s1. The fraction of sp³-hybridized carbons (Fsp3) is 0.250. The van der Waals surface area contributed by atoms with E-state index in [9.17, 15) is 9.59 Å². The lowest BCUT2D eigenvalue weighted by molar-refractivity contribution is 0.0601. The summed E-state index contributed by atoms with van der Waals surface area (Å²) < 4.78 is 4.75. The number of H-pyrrole nitrogens is 1. The number of hydrogen-bond acceptors (Lipinski definition) is 5. The molecule has 0 saturated heterocycles. The Morgan fingerprint density at radius 2 is 2.12 bits per heavy atom. The van der Waals surface area contributed by atoms with Crippen LogP contribution in [0.15, 0.2) is 47.3 Å². The lowest BCUT2D eigenvalue weighted by Crippen LogP contribution is -2.30. The number of carbonyl (C=O) groups is 1. The monoisotopic (exact) mass is 349 g/mol. The van der Waals surface area contributed by atoms with Crippen molar-refractivity contribution in [3.63, 3.8) is 0 Å². The maximum atomic E-state index is 12.4. The van der Waals surface area contributed by atoms with Gasteiger partial charge in [0.1, 0.15) is 5.82 Å². The Balaban J connectivity index is 1.73. The maximum Gasteiger partial charge on any atom is 0.337 e. The van der Waals surface area contributed by atoms with E-state index in [1.165, 1.54) is 18.4 Å². The largest absolute Gasteiger partial charge is 0.465 e. The molecule has 1 aromatic heterocycles. The van der Waals surface area contributed by atoms with Crippen LogP contribution in [-0.4, -0.2) is 29.1 Å². The van der Waals surface area contributed by atoms with Gasteiger partial charge in [-0.2, -0.15) is 0 Å². The molecule has 6 nitrogen and oxygen atoms in total. The first-order valence-electron chi connectivity index (χ1n) is 8.52. The van der Waals surface area contributed by atoms with Crippen LogP contribution < -0.4 is 10.5 Å². The van der Waals surface area contributed by atoms with Crippen LogP contribution in [0.2, 0.25) is 0 Å². The number of aromatic amines is 1. The van der Waals surface area contributed by atoms with Gasteiger partial charge in [0, 0.05) is 11.7 Å². The zero-order valence-corrected chi connectivity index (χ0v) is 14.7. The third-order valence-electron chi connectivity index (χ3n) is 4.85. The van der Waals surface area contributed by atoms with E-state index in [0.717, 1.165) is 6.42 Å².